The molecule has 0 saturated heterocycles. The highest BCUT2D eigenvalue weighted by Gasteiger charge is 2.13. The lowest BCUT2D eigenvalue weighted by Gasteiger charge is -2.12. The number of hydrogen-bond acceptors (Lipinski definition) is 6. The maximum atomic E-state index is 11.9. The number of nitrogens with zero attached hydrogens (tertiary/aromatic N) is 2. The summed E-state index contributed by atoms with van der Waals surface area (Å²) in [6.07, 6.45) is 0.833. The smallest absolute Gasteiger partial charge is 0.339 e. The first-order valence-electron chi connectivity index (χ1n) is 7.48. The van der Waals surface area contributed by atoms with Gasteiger partial charge in [0.05, 0.1) is 0 Å². The van der Waals surface area contributed by atoms with Crippen molar-refractivity contribution in [2.75, 3.05) is 0 Å². The van der Waals surface area contributed by atoms with Gasteiger partial charge in [-0.05, 0) is 44.4 Å². The van der Waals surface area contributed by atoms with Gasteiger partial charge in [-0.15, -0.1) is 10.2 Å². The molecule has 0 fully saturated rings. The predicted octanol–water partition coefficient (Wildman–Crippen LogP) is 3.71. The molecule has 0 atom stereocenters. The summed E-state index contributed by atoms with van der Waals surface area (Å²) in [6, 6.07) is 3.78. The summed E-state index contributed by atoms with van der Waals surface area (Å²) in [7, 11) is 0. The average molecular weight is 330 g/mol. The van der Waals surface area contributed by atoms with Gasteiger partial charge in [0.2, 0.25) is 0 Å². The summed E-state index contributed by atoms with van der Waals surface area (Å²) in [5.41, 5.74) is 3.01. The van der Waals surface area contributed by atoms with Crippen LogP contribution in [-0.4, -0.2) is 10.2 Å². The molecule has 0 aliphatic carbocycles. The van der Waals surface area contributed by atoms with E-state index in [-0.39, 0.29) is 5.63 Å². The molecule has 120 valence electrons. The third-order valence-corrected chi connectivity index (χ3v) is 4.73. The van der Waals surface area contributed by atoms with E-state index in [1.165, 1.54) is 11.3 Å². The molecule has 1 aromatic carbocycles. The van der Waals surface area contributed by atoms with E-state index in [1.807, 2.05) is 19.9 Å². The molecule has 0 aliphatic heterocycles. The molecule has 3 aromatic rings. The molecule has 0 bridgehead atoms. The molecule has 5 nitrogen and oxygen atoms in total. The van der Waals surface area contributed by atoms with Crippen molar-refractivity contribution < 1.29 is 9.15 Å². The zero-order valence-corrected chi connectivity index (χ0v) is 14.4. The van der Waals surface area contributed by atoms with E-state index in [1.54, 1.807) is 13.0 Å². The fourth-order valence-corrected chi connectivity index (χ4v) is 3.19. The molecule has 6 heteroatoms. The largest absolute Gasteiger partial charge is 0.486 e. The quantitative estimate of drug-likeness (QED) is 0.682. The van der Waals surface area contributed by atoms with Crippen molar-refractivity contribution in [3.8, 4) is 5.75 Å². The number of fused-ring (bicyclic) bond motifs is 1. The first-order valence-corrected chi connectivity index (χ1v) is 8.30. The van der Waals surface area contributed by atoms with E-state index in [2.05, 4.69) is 17.1 Å². The molecule has 0 spiro atoms. The van der Waals surface area contributed by atoms with Gasteiger partial charge >= 0.3 is 5.63 Å². The van der Waals surface area contributed by atoms with Gasteiger partial charge in [0.15, 0.2) is 5.01 Å². The Morgan fingerprint density at radius 1 is 1.17 bits per heavy atom. The van der Waals surface area contributed by atoms with Crippen LogP contribution < -0.4 is 10.4 Å². The van der Waals surface area contributed by atoms with Gasteiger partial charge in [0.1, 0.15) is 22.9 Å². The SMILES string of the molecule is CCc1cc(OCc2nnc(C)s2)cc2oc(=O)c(C)c(C)c12. The average Bonchev–Trinajstić information content (AvgIpc) is 2.95. The van der Waals surface area contributed by atoms with E-state index >= 15 is 0 Å². The van der Waals surface area contributed by atoms with Crippen LogP contribution >= 0.6 is 11.3 Å². The van der Waals surface area contributed by atoms with Gasteiger partial charge in [-0.2, -0.15) is 0 Å². The van der Waals surface area contributed by atoms with Crippen LogP contribution in [-0.2, 0) is 13.0 Å². The van der Waals surface area contributed by atoms with Gasteiger partial charge < -0.3 is 9.15 Å². The normalized spacial score (nSPS) is 11.1. The maximum absolute atomic E-state index is 11.9. The second-order valence-electron chi connectivity index (χ2n) is 5.45. The van der Waals surface area contributed by atoms with Crippen molar-refractivity contribution in [2.45, 2.75) is 40.7 Å². The van der Waals surface area contributed by atoms with Crippen LogP contribution in [0, 0.1) is 20.8 Å². The Labute approximate surface area is 137 Å². The Balaban J connectivity index is 2.02. The fraction of sp³-hybridized carbons (Fsp3) is 0.353. The van der Waals surface area contributed by atoms with Crippen molar-refractivity contribution in [3.05, 3.63) is 49.3 Å². The van der Waals surface area contributed by atoms with E-state index in [9.17, 15) is 4.79 Å². The molecule has 0 radical (unpaired) electrons. The minimum absolute atomic E-state index is 0.297. The van der Waals surface area contributed by atoms with Crippen LogP contribution in [0.15, 0.2) is 21.3 Å². The van der Waals surface area contributed by atoms with Crippen LogP contribution in [0.1, 0.15) is 33.6 Å². The first-order chi connectivity index (χ1) is 11.0. The minimum Gasteiger partial charge on any atom is -0.486 e. The van der Waals surface area contributed by atoms with E-state index in [0.717, 1.165) is 32.9 Å². The number of aryl methyl sites for hydroxylation is 3. The Bertz CT molecular complexity index is 927. The molecule has 3 rings (SSSR count). The number of benzene rings is 1. The van der Waals surface area contributed by atoms with Crippen LogP contribution in [0.25, 0.3) is 11.0 Å². The first kappa shape index (κ1) is 15.7. The summed E-state index contributed by atoms with van der Waals surface area (Å²) in [5.74, 6) is 0.675. The third-order valence-electron chi connectivity index (χ3n) is 3.91. The third kappa shape index (κ3) is 2.99. The standard InChI is InChI=1S/C17H18N2O3S/c1-5-12-6-13(21-8-15-19-18-11(4)23-15)7-14-16(12)9(2)10(3)17(20)22-14/h6-7H,5,8H2,1-4H3. The lowest BCUT2D eigenvalue weighted by atomic mass is 10.00. The van der Waals surface area contributed by atoms with Crippen LogP contribution in [0.5, 0.6) is 5.75 Å². The molecule has 2 aromatic heterocycles. The highest BCUT2D eigenvalue weighted by molar-refractivity contribution is 7.11. The summed E-state index contributed by atoms with van der Waals surface area (Å²) in [6.45, 7) is 8.09. The van der Waals surface area contributed by atoms with Gasteiger partial charge in [0.25, 0.3) is 0 Å². The second-order valence-corrected chi connectivity index (χ2v) is 6.72. The van der Waals surface area contributed by atoms with Gasteiger partial charge in [0, 0.05) is 17.0 Å². The van der Waals surface area contributed by atoms with Crippen molar-refractivity contribution in [1.29, 1.82) is 0 Å². The van der Waals surface area contributed by atoms with Crippen LogP contribution in [0.2, 0.25) is 0 Å². The van der Waals surface area contributed by atoms with E-state index < -0.39 is 0 Å². The Morgan fingerprint density at radius 3 is 2.61 bits per heavy atom. The highest BCUT2D eigenvalue weighted by Crippen LogP contribution is 2.29. The van der Waals surface area contributed by atoms with E-state index in [4.69, 9.17) is 9.15 Å². The molecular formula is C17H18N2O3S. The van der Waals surface area contributed by atoms with Crippen molar-refractivity contribution in [2.24, 2.45) is 0 Å². The molecule has 23 heavy (non-hydrogen) atoms. The fourth-order valence-electron chi connectivity index (χ4n) is 2.57. The van der Waals surface area contributed by atoms with E-state index in [0.29, 0.717) is 23.5 Å². The topological polar surface area (TPSA) is 65.2 Å². The number of hydrogen-bond donors (Lipinski definition) is 0. The summed E-state index contributed by atoms with van der Waals surface area (Å²) in [4.78, 5) is 11.9. The Hall–Kier alpha value is -2.21. The van der Waals surface area contributed by atoms with Gasteiger partial charge in [-0.25, -0.2) is 4.79 Å². The predicted molar refractivity (Wildman–Crippen MR) is 90.3 cm³/mol. The zero-order valence-electron chi connectivity index (χ0n) is 13.6. The molecule has 0 unspecified atom stereocenters. The number of rotatable bonds is 4. The molecule has 2 heterocycles. The van der Waals surface area contributed by atoms with Crippen molar-refractivity contribution in [3.63, 3.8) is 0 Å². The Morgan fingerprint density at radius 2 is 1.96 bits per heavy atom. The monoisotopic (exact) mass is 330 g/mol. The summed E-state index contributed by atoms with van der Waals surface area (Å²) in [5, 5.41) is 10.8. The number of aromatic nitrogens is 2. The van der Waals surface area contributed by atoms with Crippen LogP contribution in [0.4, 0.5) is 0 Å². The molecule has 0 N–H and O–H groups in total. The molecular weight excluding hydrogens is 312 g/mol. The van der Waals surface area contributed by atoms with Crippen LogP contribution in [0.3, 0.4) is 0 Å². The minimum atomic E-state index is -0.297. The summed E-state index contributed by atoms with van der Waals surface area (Å²) >= 11 is 1.51. The Kier molecular flexibility index (Phi) is 4.17. The van der Waals surface area contributed by atoms with Crippen molar-refractivity contribution >= 4 is 22.3 Å². The lowest BCUT2D eigenvalue weighted by molar-refractivity contribution is 0.304. The second kappa shape index (κ2) is 6.12. The molecule has 0 aliphatic rings. The molecule has 0 saturated carbocycles. The zero-order chi connectivity index (χ0) is 16.6. The maximum Gasteiger partial charge on any atom is 0.339 e. The lowest BCUT2D eigenvalue weighted by Crippen LogP contribution is -2.07. The highest BCUT2D eigenvalue weighted by atomic mass is 32.1. The summed E-state index contributed by atoms with van der Waals surface area (Å²) < 4.78 is 11.3. The molecule has 0 amide bonds. The number of ether oxygens (including phenoxy) is 1. The van der Waals surface area contributed by atoms with Gasteiger partial charge in [-0.1, -0.05) is 18.3 Å². The van der Waals surface area contributed by atoms with Gasteiger partial charge in [-0.3, -0.25) is 0 Å². The van der Waals surface area contributed by atoms with Crippen molar-refractivity contribution in [1.82, 2.24) is 10.2 Å².